The average Bonchev–Trinajstić information content (AvgIpc) is 3.22. The number of aliphatic carboxylic acids is 2. The first kappa shape index (κ1) is 25.7. The van der Waals surface area contributed by atoms with E-state index in [1.165, 1.54) is 0 Å². The average molecular weight is 447 g/mol. The predicted octanol–water partition coefficient (Wildman–Crippen LogP) is -1.27. The Labute approximate surface area is 180 Å². The molecule has 6 N–H and O–H groups in total. The molecule has 30 heavy (non-hydrogen) atoms. The second-order valence-corrected chi connectivity index (χ2v) is 7.63. The van der Waals surface area contributed by atoms with E-state index < -0.39 is 60.3 Å². The highest BCUT2D eigenvalue weighted by molar-refractivity contribution is 7.80. The Hall–Kier alpha value is -2.34. The fourth-order valence-electron chi connectivity index (χ4n) is 2.97. The number of hydrogen-bond acceptors (Lipinski definition) is 7. The Morgan fingerprint density at radius 1 is 1.07 bits per heavy atom. The summed E-state index contributed by atoms with van der Waals surface area (Å²) in [7, 11) is 0. The first-order valence-electron chi connectivity index (χ1n) is 9.80. The molecule has 0 aromatic carbocycles. The number of carbonyl (C=O) groups is 5. The van der Waals surface area contributed by atoms with Gasteiger partial charge in [-0.3, -0.25) is 19.2 Å². The molecule has 170 valence electrons. The van der Waals surface area contributed by atoms with Crippen LogP contribution in [0.1, 0.15) is 39.5 Å². The molecule has 1 saturated heterocycles. The third-order valence-electron chi connectivity index (χ3n) is 4.98. The molecule has 0 aliphatic carbocycles. The second kappa shape index (κ2) is 12.4. The summed E-state index contributed by atoms with van der Waals surface area (Å²) in [6, 6.07) is -4.25. The Morgan fingerprint density at radius 3 is 2.17 bits per heavy atom. The van der Waals surface area contributed by atoms with Crippen molar-refractivity contribution in [3.63, 3.8) is 0 Å². The zero-order valence-electron chi connectivity index (χ0n) is 17.0. The van der Waals surface area contributed by atoms with Crippen LogP contribution in [0.15, 0.2) is 0 Å². The molecule has 0 bridgehead atoms. The molecule has 0 radical (unpaired) electrons. The van der Waals surface area contributed by atoms with Crippen molar-refractivity contribution in [3.05, 3.63) is 0 Å². The van der Waals surface area contributed by atoms with Crippen molar-refractivity contribution < 1.29 is 34.2 Å². The monoisotopic (exact) mass is 446 g/mol. The fraction of sp³-hybridized carbons (Fsp3) is 0.722. The van der Waals surface area contributed by atoms with Gasteiger partial charge in [0.25, 0.3) is 0 Å². The Balaban J connectivity index is 2.84. The van der Waals surface area contributed by atoms with E-state index >= 15 is 0 Å². The molecule has 1 fully saturated rings. The molecule has 0 spiro atoms. The Morgan fingerprint density at radius 2 is 1.70 bits per heavy atom. The van der Waals surface area contributed by atoms with Crippen molar-refractivity contribution in [1.82, 2.24) is 21.3 Å². The van der Waals surface area contributed by atoms with Crippen molar-refractivity contribution in [2.45, 2.75) is 63.7 Å². The number of hydrogen-bond donors (Lipinski definition) is 7. The molecule has 12 heteroatoms. The number of amides is 3. The highest BCUT2D eigenvalue weighted by Gasteiger charge is 2.33. The van der Waals surface area contributed by atoms with Gasteiger partial charge in [-0.2, -0.15) is 12.6 Å². The number of carboxylic acid groups (broad SMARTS) is 2. The summed E-state index contributed by atoms with van der Waals surface area (Å²) < 4.78 is 0. The molecule has 1 aliphatic rings. The van der Waals surface area contributed by atoms with Crippen LogP contribution in [0.4, 0.5) is 0 Å². The standard InChI is InChI=1S/C18H30N4O7S/c1-3-9(2)14(18(28)29)22-16(26)11(7-13(23)24)20-17(27)12(8-30)21-15(25)10-5-4-6-19-10/h9-12,14,19,30H,3-8H2,1-2H3,(H,20,27)(H,21,25)(H,22,26)(H,23,24)(H,28,29). The summed E-state index contributed by atoms with van der Waals surface area (Å²) in [6.45, 7) is 4.08. The van der Waals surface area contributed by atoms with Gasteiger partial charge >= 0.3 is 11.9 Å². The molecule has 0 saturated carbocycles. The van der Waals surface area contributed by atoms with Crippen LogP contribution < -0.4 is 21.3 Å². The summed E-state index contributed by atoms with van der Waals surface area (Å²) >= 11 is 4.05. The van der Waals surface area contributed by atoms with Crippen LogP contribution >= 0.6 is 12.6 Å². The Kier molecular flexibility index (Phi) is 10.6. The van der Waals surface area contributed by atoms with Gasteiger partial charge in [-0.25, -0.2) is 4.79 Å². The van der Waals surface area contributed by atoms with Crippen molar-refractivity contribution in [2.24, 2.45) is 5.92 Å². The van der Waals surface area contributed by atoms with Crippen LogP contribution in [-0.4, -0.2) is 76.3 Å². The molecule has 0 aromatic rings. The van der Waals surface area contributed by atoms with Crippen LogP contribution in [0.25, 0.3) is 0 Å². The second-order valence-electron chi connectivity index (χ2n) is 7.26. The first-order chi connectivity index (χ1) is 14.1. The van der Waals surface area contributed by atoms with Gasteiger partial charge in [0.1, 0.15) is 18.1 Å². The van der Waals surface area contributed by atoms with Crippen molar-refractivity contribution >= 4 is 42.3 Å². The van der Waals surface area contributed by atoms with Gasteiger partial charge in [-0.05, 0) is 25.3 Å². The minimum atomic E-state index is -1.51. The van der Waals surface area contributed by atoms with Crippen molar-refractivity contribution in [3.8, 4) is 0 Å². The quantitative estimate of drug-likeness (QED) is 0.182. The third-order valence-corrected chi connectivity index (χ3v) is 5.35. The SMILES string of the molecule is CCC(C)C(NC(=O)C(CC(=O)O)NC(=O)C(CS)NC(=O)C1CCCN1)C(=O)O. The van der Waals surface area contributed by atoms with Gasteiger partial charge in [0.2, 0.25) is 17.7 Å². The van der Waals surface area contributed by atoms with Gasteiger partial charge in [-0.1, -0.05) is 20.3 Å². The van der Waals surface area contributed by atoms with Gasteiger partial charge in [0.15, 0.2) is 0 Å². The maximum atomic E-state index is 12.5. The largest absolute Gasteiger partial charge is 0.481 e. The molecular weight excluding hydrogens is 416 g/mol. The van der Waals surface area contributed by atoms with Crippen LogP contribution in [-0.2, 0) is 24.0 Å². The number of carboxylic acids is 2. The first-order valence-corrected chi connectivity index (χ1v) is 10.4. The minimum absolute atomic E-state index is 0.0731. The maximum Gasteiger partial charge on any atom is 0.326 e. The number of rotatable bonds is 12. The summed E-state index contributed by atoms with van der Waals surface area (Å²) in [5.74, 6) is -5.20. The minimum Gasteiger partial charge on any atom is -0.481 e. The number of thiol groups is 1. The summed E-state index contributed by atoms with van der Waals surface area (Å²) in [4.78, 5) is 59.9. The maximum absolute atomic E-state index is 12.5. The van der Waals surface area contributed by atoms with Gasteiger partial charge in [0.05, 0.1) is 12.5 Å². The van der Waals surface area contributed by atoms with E-state index in [1.807, 2.05) is 0 Å². The lowest BCUT2D eigenvalue weighted by Gasteiger charge is -2.25. The fourth-order valence-corrected chi connectivity index (χ4v) is 3.23. The topological polar surface area (TPSA) is 174 Å². The molecule has 11 nitrogen and oxygen atoms in total. The number of nitrogens with one attached hydrogen (secondary N) is 4. The molecule has 0 aromatic heterocycles. The summed E-state index contributed by atoms with van der Waals surface area (Å²) in [6.07, 6.45) is 1.18. The van der Waals surface area contributed by atoms with Crippen molar-refractivity contribution in [1.29, 1.82) is 0 Å². The van der Waals surface area contributed by atoms with Gasteiger partial charge < -0.3 is 31.5 Å². The van der Waals surface area contributed by atoms with E-state index in [1.54, 1.807) is 13.8 Å². The normalized spacial score (nSPS) is 19.8. The lowest BCUT2D eigenvalue weighted by molar-refractivity contribution is -0.144. The van der Waals surface area contributed by atoms with E-state index in [4.69, 9.17) is 5.11 Å². The highest BCUT2D eigenvalue weighted by Crippen LogP contribution is 2.09. The summed E-state index contributed by atoms with van der Waals surface area (Å²) in [5.41, 5.74) is 0. The Bertz CT molecular complexity index is 654. The van der Waals surface area contributed by atoms with E-state index in [0.29, 0.717) is 19.4 Å². The van der Waals surface area contributed by atoms with Gasteiger partial charge in [-0.15, -0.1) is 0 Å². The van der Waals surface area contributed by atoms with Gasteiger partial charge in [0, 0.05) is 5.75 Å². The van der Waals surface area contributed by atoms with E-state index in [0.717, 1.165) is 6.42 Å². The molecule has 1 heterocycles. The lowest BCUT2D eigenvalue weighted by Crippen LogP contribution is -2.58. The number of carbonyl (C=O) groups excluding carboxylic acids is 3. The molecule has 5 atom stereocenters. The molecule has 1 aliphatic heterocycles. The van der Waals surface area contributed by atoms with Crippen LogP contribution in [0, 0.1) is 5.92 Å². The summed E-state index contributed by atoms with van der Waals surface area (Å²) in [5, 5.41) is 28.5. The van der Waals surface area contributed by atoms with E-state index in [9.17, 15) is 29.1 Å². The lowest BCUT2D eigenvalue weighted by atomic mass is 9.98. The third kappa shape index (κ3) is 7.82. The molecule has 3 amide bonds. The van der Waals surface area contributed by atoms with E-state index in [2.05, 4.69) is 33.9 Å². The smallest absolute Gasteiger partial charge is 0.326 e. The van der Waals surface area contributed by atoms with Crippen LogP contribution in [0.2, 0.25) is 0 Å². The molecule has 5 unspecified atom stereocenters. The zero-order valence-corrected chi connectivity index (χ0v) is 17.9. The van der Waals surface area contributed by atoms with Crippen LogP contribution in [0.5, 0.6) is 0 Å². The molecule has 1 rings (SSSR count). The van der Waals surface area contributed by atoms with Crippen LogP contribution in [0.3, 0.4) is 0 Å². The predicted molar refractivity (Wildman–Crippen MR) is 110 cm³/mol. The molecular formula is C18H30N4O7S. The van der Waals surface area contributed by atoms with E-state index in [-0.39, 0.29) is 11.7 Å². The van der Waals surface area contributed by atoms with Crippen molar-refractivity contribution in [2.75, 3.05) is 12.3 Å². The highest BCUT2D eigenvalue weighted by atomic mass is 32.1. The zero-order chi connectivity index (χ0) is 22.8.